The molecule has 122 valence electrons. The number of hydrogen-bond acceptors (Lipinski definition) is 1. The Morgan fingerprint density at radius 3 is 2.43 bits per heavy atom. The summed E-state index contributed by atoms with van der Waals surface area (Å²) in [5, 5.41) is 0. The molecule has 0 aromatic heterocycles. The zero-order valence-electron chi connectivity index (χ0n) is 14.7. The first kappa shape index (κ1) is 19.2. The molecule has 2 heteroatoms. The molecule has 1 aliphatic rings. The Morgan fingerprint density at radius 2 is 1.86 bits per heavy atom. The SMILES string of the molecule is CCC1(C)OC(CC/C=C(C)/C(C)=C/CI)C(C)CC1C. The minimum Gasteiger partial charge on any atom is -0.372 e. The highest BCUT2D eigenvalue weighted by molar-refractivity contribution is 14.1. The van der Waals surface area contributed by atoms with Crippen LogP contribution in [-0.4, -0.2) is 16.1 Å². The average molecular weight is 404 g/mol. The normalized spacial score (nSPS) is 35.1. The van der Waals surface area contributed by atoms with Crippen molar-refractivity contribution in [3.8, 4) is 0 Å². The highest BCUT2D eigenvalue weighted by atomic mass is 127. The van der Waals surface area contributed by atoms with E-state index in [-0.39, 0.29) is 5.60 Å². The van der Waals surface area contributed by atoms with Gasteiger partial charge in [0, 0.05) is 4.43 Å². The van der Waals surface area contributed by atoms with Crippen LogP contribution in [0.5, 0.6) is 0 Å². The van der Waals surface area contributed by atoms with Crippen molar-refractivity contribution in [1.29, 1.82) is 0 Å². The van der Waals surface area contributed by atoms with Crippen LogP contribution in [0.2, 0.25) is 0 Å². The molecule has 21 heavy (non-hydrogen) atoms. The van der Waals surface area contributed by atoms with Crippen LogP contribution in [-0.2, 0) is 4.74 Å². The second kappa shape index (κ2) is 8.71. The number of alkyl halides is 1. The lowest BCUT2D eigenvalue weighted by atomic mass is 9.76. The van der Waals surface area contributed by atoms with Gasteiger partial charge in [0.05, 0.1) is 11.7 Å². The summed E-state index contributed by atoms with van der Waals surface area (Å²) in [7, 11) is 0. The van der Waals surface area contributed by atoms with Gasteiger partial charge in [0.25, 0.3) is 0 Å². The van der Waals surface area contributed by atoms with Gasteiger partial charge in [-0.15, -0.1) is 0 Å². The number of ether oxygens (including phenoxy) is 1. The molecule has 0 amide bonds. The molecule has 4 unspecified atom stereocenters. The van der Waals surface area contributed by atoms with Gasteiger partial charge in [-0.1, -0.05) is 66.7 Å². The van der Waals surface area contributed by atoms with E-state index in [2.05, 4.69) is 76.3 Å². The van der Waals surface area contributed by atoms with Crippen molar-refractivity contribution in [3.63, 3.8) is 0 Å². The molecule has 0 N–H and O–H groups in total. The van der Waals surface area contributed by atoms with Crippen LogP contribution in [0, 0.1) is 11.8 Å². The Balaban J connectivity index is 2.58. The van der Waals surface area contributed by atoms with Gasteiger partial charge in [0.15, 0.2) is 0 Å². The summed E-state index contributed by atoms with van der Waals surface area (Å²) >= 11 is 2.40. The second-order valence-corrected chi connectivity index (χ2v) is 7.82. The number of halogens is 1. The lowest BCUT2D eigenvalue weighted by Crippen LogP contribution is -2.47. The maximum absolute atomic E-state index is 6.49. The topological polar surface area (TPSA) is 9.23 Å². The van der Waals surface area contributed by atoms with E-state index in [0.717, 1.165) is 23.7 Å². The molecule has 4 atom stereocenters. The summed E-state index contributed by atoms with van der Waals surface area (Å²) < 4.78 is 7.58. The highest BCUT2D eigenvalue weighted by Crippen LogP contribution is 2.40. The quantitative estimate of drug-likeness (QED) is 0.286. The molecule has 1 heterocycles. The van der Waals surface area contributed by atoms with Gasteiger partial charge in [-0.05, 0) is 58.3 Å². The fourth-order valence-electron chi connectivity index (χ4n) is 3.21. The van der Waals surface area contributed by atoms with Crippen LogP contribution in [0.3, 0.4) is 0 Å². The summed E-state index contributed by atoms with van der Waals surface area (Å²) in [5.74, 6) is 1.35. The molecular weight excluding hydrogens is 371 g/mol. The van der Waals surface area contributed by atoms with Crippen LogP contribution >= 0.6 is 22.6 Å². The Bertz CT molecular complexity index is 385. The summed E-state index contributed by atoms with van der Waals surface area (Å²) in [6, 6.07) is 0. The number of rotatable bonds is 6. The molecule has 0 aromatic rings. The molecule has 0 saturated carbocycles. The minimum absolute atomic E-state index is 0.0764. The molecule has 0 aromatic carbocycles. The molecule has 0 radical (unpaired) electrons. The third-order valence-corrected chi connectivity index (χ3v) is 5.87. The van der Waals surface area contributed by atoms with Crippen molar-refractivity contribution < 1.29 is 4.74 Å². The predicted octanol–water partition coefficient (Wildman–Crippen LogP) is 6.32. The number of hydrogen-bond donors (Lipinski definition) is 0. The molecule has 1 saturated heterocycles. The lowest BCUT2D eigenvalue weighted by molar-refractivity contribution is -0.173. The maximum Gasteiger partial charge on any atom is 0.0681 e. The first-order valence-electron chi connectivity index (χ1n) is 8.41. The van der Waals surface area contributed by atoms with Crippen LogP contribution in [0.15, 0.2) is 23.3 Å². The fraction of sp³-hybridized carbons (Fsp3) is 0.789. The Kier molecular flexibility index (Phi) is 7.97. The van der Waals surface area contributed by atoms with E-state index in [9.17, 15) is 0 Å². The standard InChI is InChI=1S/C19H33IO/c1-7-19(6)17(5)13-16(4)18(21-19)10-8-9-14(2)15(3)11-12-20/h9,11,16-18H,7-8,10,12-13H2,1-6H3/b14-9+,15-11+. The fourth-order valence-corrected chi connectivity index (χ4v) is 3.87. The van der Waals surface area contributed by atoms with E-state index >= 15 is 0 Å². The van der Waals surface area contributed by atoms with Crippen molar-refractivity contribution >= 4 is 22.6 Å². The zero-order chi connectivity index (χ0) is 16.0. The highest BCUT2D eigenvalue weighted by Gasteiger charge is 2.40. The van der Waals surface area contributed by atoms with Crippen LogP contribution < -0.4 is 0 Å². The maximum atomic E-state index is 6.49. The van der Waals surface area contributed by atoms with Crippen molar-refractivity contribution in [2.75, 3.05) is 4.43 Å². The Labute approximate surface area is 145 Å². The largest absolute Gasteiger partial charge is 0.372 e. The smallest absolute Gasteiger partial charge is 0.0681 e. The molecule has 1 aliphatic heterocycles. The van der Waals surface area contributed by atoms with Gasteiger partial charge >= 0.3 is 0 Å². The van der Waals surface area contributed by atoms with Crippen LogP contribution in [0.4, 0.5) is 0 Å². The summed E-state index contributed by atoms with van der Waals surface area (Å²) in [6.07, 6.45) is 9.79. The molecule has 0 aliphatic carbocycles. The average Bonchev–Trinajstić information content (AvgIpc) is 2.44. The van der Waals surface area contributed by atoms with Gasteiger partial charge in [-0.2, -0.15) is 0 Å². The van der Waals surface area contributed by atoms with Gasteiger partial charge < -0.3 is 4.74 Å². The monoisotopic (exact) mass is 404 g/mol. The Hall–Kier alpha value is 0.170. The van der Waals surface area contributed by atoms with E-state index < -0.39 is 0 Å². The molecule has 1 nitrogen and oxygen atoms in total. The molecular formula is C19H33IO. The minimum atomic E-state index is 0.0764. The van der Waals surface area contributed by atoms with Crippen molar-refractivity contribution in [2.24, 2.45) is 11.8 Å². The van der Waals surface area contributed by atoms with E-state index in [1.807, 2.05) is 0 Å². The zero-order valence-corrected chi connectivity index (χ0v) is 16.9. The molecule has 1 fully saturated rings. The first-order valence-corrected chi connectivity index (χ1v) is 9.94. The van der Waals surface area contributed by atoms with Gasteiger partial charge in [0.1, 0.15) is 0 Å². The lowest BCUT2D eigenvalue weighted by Gasteiger charge is -2.46. The van der Waals surface area contributed by atoms with E-state index in [1.165, 1.54) is 17.6 Å². The van der Waals surface area contributed by atoms with E-state index in [0.29, 0.717) is 17.9 Å². The van der Waals surface area contributed by atoms with Crippen LogP contribution in [0.25, 0.3) is 0 Å². The summed E-state index contributed by atoms with van der Waals surface area (Å²) in [5.41, 5.74) is 2.91. The van der Waals surface area contributed by atoms with E-state index in [4.69, 9.17) is 4.74 Å². The van der Waals surface area contributed by atoms with Crippen molar-refractivity contribution in [1.82, 2.24) is 0 Å². The first-order chi connectivity index (χ1) is 9.84. The summed E-state index contributed by atoms with van der Waals surface area (Å²) in [6.45, 7) is 13.7. The van der Waals surface area contributed by atoms with Crippen molar-refractivity contribution in [2.45, 2.75) is 78.9 Å². The van der Waals surface area contributed by atoms with Crippen LogP contribution in [0.1, 0.15) is 67.2 Å². The van der Waals surface area contributed by atoms with E-state index in [1.54, 1.807) is 0 Å². The predicted molar refractivity (Wildman–Crippen MR) is 102 cm³/mol. The summed E-state index contributed by atoms with van der Waals surface area (Å²) in [4.78, 5) is 0. The van der Waals surface area contributed by atoms with Crippen molar-refractivity contribution in [3.05, 3.63) is 23.3 Å². The van der Waals surface area contributed by atoms with Gasteiger partial charge in [0.2, 0.25) is 0 Å². The third kappa shape index (κ3) is 5.38. The van der Waals surface area contributed by atoms with Gasteiger partial charge in [-0.25, -0.2) is 0 Å². The Morgan fingerprint density at radius 1 is 1.24 bits per heavy atom. The number of allylic oxidation sites excluding steroid dienone is 4. The molecule has 0 bridgehead atoms. The molecule has 1 rings (SSSR count). The molecule has 0 spiro atoms. The van der Waals surface area contributed by atoms with Gasteiger partial charge in [-0.3, -0.25) is 0 Å². The second-order valence-electron chi connectivity index (χ2n) is 6.94. The third-order valence-electron chi connectivity index (χ3n) is 5.43.